The van der Waals surface area contributed by atoms with Crippen molar-refractivity contribution in [3.63, 3.8) is 0 Å². The number of amides is 1. The number of pyridine rings is 2. The van der Waals surface area contributed by atoms with Crippen molar-refractivity contribution < 1.29 is 26.5 Å². The van der Waals surface area contributed by atoms with Gasteiger partial charge in [0.2, 0.25) is 5.43 Å². The first kappa shape index (κ1) is 26.4. The van der Waals surface area contributed by atoms with Gasteiger partial charge in [0.15, 0.2) is 0 Å². The van der Waals surface area contributed by atoms with Crippen LogP contribution >= 0.6 is 0 Å². The van der Waals surface area contributed by atoms with E-state index >= 15 is 4.39 Å². The van der Waals surface area contributed by atoms with Crippen molar-refractivity contribution in [1.29, 1.82) is 0 Å². The van der Waals surface area contributed by atoms with Crippen LogP contribution in [0.4, 0.5) is 10.1 Å². The highest BCUT2D eigenvalue weighted by Crippen LogP contribution is 2.36. The number of fused-ring (bicyclic) bond motifs is 5. The zero-order chi connectivity index (χ0) is 25.8. The number of rotatable bonds is 3. The fourth-order valence-corrected chi connectivity index (χ4v) is 6.40. The van der Waals surface area contributed by atoms with Crippen molar-refractivity contribution >= 4 is 22.5 Å². The number of piperidine rings is 1. The number of quaternary nitrogens is 1. The second-order valence-corrected chi connectivity index (χ2v) is 10.7. The number of aromatic nitrogens is 2. The number of nitrogens with zero attached hydrogens (tertiary/aromatic N) is 4. The van der Waals surface area contributed by atoms with Crippen LogP contribution in [-0.4, -0.2) is 65.8 Å². The van der Waals surface area contributed by atoms with Crippen LogP contribution in [0.2, 0.25) is 0 Å². The predicted octanol–water partition coefficient (Wildman–Crippen LogP) is -1.94. The summed E-state index contributed by atoms with van der Waals surface area (Å²) in [6.07, 6.45) is 3.15. The van der Waals surface area contributed by atoms with E-state index in [1.54, 1.807) is 33.9 Å². The summed E-state index contributed by atoms with van der Waals surface area (Å²) >= 11 is 0. The molecule has 1 N–H and O–H groups in total. The highest BCUT2D eigenvalue weighted by Gasteiger charge is 2.38. The lowest BCUT2D eigenvalue weighted by atomic mass is 9.84. The van der Waals surface area contributed by atoms with Gasteiger partial charge in [-0.05, 0) is 38.0 Å². The second-order valence-electron chi connectivity index (χ2n) is 10.7. The molecule has 10 heteroatoms. The molecule has 0 aliphatic carbocycles. The van der Waals surface area contributed by atoms with Gasteiger partial charge in [0.25, 0.3) is 11.5 Å². The molecule has 0 radical (unpaired) electrons. The van der Waals surface area contributed by atoms with Crippen molar-refractivity contribution in [3.05, 3.63) is 74.2 Å². The molecule has 0 saturated carbocycles. The molecule has 2 aromatic heterocycles. The number of anilines is 1. The molecule has 3 aliphatic heterocycles. The summed E-state index contributed by atoms with van der Waals surface area (Å²) in [6.45, 7) is 6.83. The average molecular weight is 542 g/mol. The summed E-state index contributed by atoms with van der Waals surface area (Å²) < 4.78 is 19.0. The Morgan fingerprint density at radius 1 is 1.13 bits per heavy atom. The second kappa shape index (κ2) is 10.2. The Morgan fingerprint density at radius 2 is 1.89 bits per heavy atom. The van der Waals surface area contributed by atoms with Gasteiger partial charge in [-0.15, -0.1) is 0 Å². The summed E-state index contributed by atoms with van der Waals surface area (Å²) in [5, 5.41) is 0.230. The van der Waals surface area contributed by atoms with Gasteiger partial charge in [-0.3, -0.25) is 14.4 Å². The number of likely N-dealkylation sites (N-methyl/N-ethyl adjacent to an activating group) is 1. The summed E-state index contributed by atoms with van der Waals surface area (Å²) in [5.74, 6) is -0.540. The van der Waals surface area contributed by atoms with E-state index in [9.17, 15) is 14.4 Å². The summed E-state index contributed by atoms with van der Waals surface area (Å²) in [5.41, 5.74) is 1.75. The van der Waals surface area contributed by atoms with Crippen LogP contribution < -0.4 is 33.2 Å². The number of halogens is 2. The number of likely N-dealkylation sites (tertiary alicyclic amines) is 1. The van der Waals surface area contributed by atoms with Gasteiger partial charge in [-0.1, -0.05) is 6.07 Å². The Kier molecular flexibility index (Phi) is 7.09. The highest BCUT2D eigenvalue weighted by atomic mass is 35.5. The summed E-state index contributed by atoms with van der Waals surface area (Å²) in [7, 11) is 2.13. The average Bonchev–Trinajstić information content (AvgIpc) is 2.90. The molecule has 5 heterocycles. The third kappa shape index (κ3) is 4.31. The first-order chi connectivity index (χ1) is 17.9. The summed E-state index contributed by atoms with van der Waals surface area (Å²) in [4.78, 5) is 45.1. The minimum atomic E-state index is -0.437. The Balaban J connectivity index is 0.00000294. The third-order valence-electron chi connectivity index (χ3n) is 8.55. The maximum atomic E-state index is 15.3. The molecule has 3 aliphatic rings. The van der Waals surface area contributed by atoms with E-state index < -0.39 is 11.2 Å². The van der Waals surface area contributed by atoms with Crippen molar-refractivity contribution in [2.75, 3.05) is 44.7 Å². The molecule has 8 nitrogen and oxygen atoms in total. The van der Waals surface area contributed by atoms with Crippen LogP contribution in [0.15, 0.2) is 46.1 Å². The van der Waals surface area contributed by atoms with E-state index in [1.165, 1.54) is 11.0 Å². The molecule has 2 atom stereocenters. The SMILES string of the molecule is CCn1cc(C(=O)N2CC[C@H]3C[C@@H]2Cn2c3cccc2=O)c(=O)c2cc(F)c(N3CC[NH+](C)CC3)cc21.[Cl-]. The van der Waals surface area contributed by atoms with Gasteiger partial charge in [0.1, 0.15) is 11.4 Å². The van der Waals surface area contributed by atoms with Crippen LogP contribution in [0.3, 0.4) is 0 Å². The Hall–Kier alpha value is -3.17. The zero-order valence-corrected chi connectivity index (χ0v) is 22.5. The molecule has 202 valence electrons. The van der Waals surface area contributed by atoms with Crippen LogP contribution in [0.25, 0.3) is 10.9 Å². The van der Waals surface area contributed by atoms with Gasteiger partial charge in [0.05, 0.1) is 50.5 Å². The molecular weight excluding hydrogens is 509 g/mol. The topological polar surface area (TPSA) is 72.0 Å². The molecule has 38 heavy (non-hydrogen) atoms. The first-order valence-electron chi connectivity index (χ1n) is 13.3. The van der Waals surface area contributed by atoms with E-state index in [2.05, 4.69) is 7.05 Å². The number of nitrogens with one attached hydrogen (secondary N) is 1. The van der Waals surface area contributed by atoms with Crippen LogP contribution in [-0.2, 0) is 13.1 Å². The normalized spacial score (nSPS) is 21.2. The number of hydrogen-bond acceptors (Lipinski definition) is 4. The van der Waals surface area contributed by atoms with E-state index in [-0.39, 0.29) is 46.8 Å². The zero-order valence-electron chi connectivity index (χ0n) is 21.8. The Labute approximate surface area is 226 Å². The number of carbonyl (C=O) groups is 1. The van der Waals surface area contributed by atoms with E-state index in [0.29, 0.717) is 30.8 Å². The van der Waals surface area contributed by atoms with E-state index in [0.717, 1.165) is 44.7 Å². The highest BCUT2D eigenvalue weighted by molar-refractivity contribution is 5.98. The van der Waals surface area contributed by atoms with Gasteiger partial charge in [-0.2, -0.15) is 0 Å². The van der Waals surface area contributed by atoms with Crippen LogP contribution in [0.5, 0.6) is 0 Å². The smallest absolute Gasteiger partial charge is 0.259 e. The monoisotopic (exact) mass is 541 g/mol. The predicted molar refractivity (Wildman–Crippen MR) is 140 cm³/mol. The molecule has 1 amide bonds. The van der Waals surface area contributed by atoms with Gasteiger partial charge in [-0.25, -0.2) is 4.39 Å². The minimum absolute atomic E-state index is 0. The summed E-state index contributed by atoms with van der Waals surface area (Å²) in [6, 6.07) is 8.26. The number of aryl methyl sites for hydroxylation is 1. The van der Waals surface area contributed by atoms with Crippen LogP contribution in [0.1, 0.15) is 41.7 Å². The van der Waals surface area contributed by atoms with Crippen molar-refractivity contribution in [3.8, 4) is 0 Å². The molecule has 0 unspecified atom stereocenters. The van der Waals surface area contributed by atoms with Gasteiger partial charge in [0, 0.05) is 48.9 Å². The van der Waals surface area contributed by atoms with Crippen molar-refractivity contribution in [2.24, 2.45) is 0 Å². The van der Waals surface area contributed by atoms with Crippen LogP contribution in [0, 0.1) is 5.82 Å². The lowest BCUT2D eigenvalue weighted by molar-refractivity contribution is -0.880. The maximum Gasteiger partial charge on any atom is 0.259 e. The number of hydrogen-bond donors (Lipinski definition) is 1. The standard InChI is InChI=1S/C28H32FN5O3.ClH/c1-3-31-17-21(27(36)20-14-22(29)25(15-24(20)31)32-11-9-30(2)10-12-32)28(37)33-8-7-18-13-19(33)16-34-23(18)5-4-6-26(34)35;/h4-6,14-15,17-19H,3,7-13,16H2,1-2H3;1H/t18-,19+;/m0./s1. The molecular formula is C28H33ClFN5O3. The number of piperazine rings is 1. The minimum Gasteiger partial charge on any atom is -1.00 e. The molecule has 6 rings (SSSR count). The lowest BCUT2D eigenvalue weighted by Gasteiger charge is -2.44. The van der Waals surface area contributed by atoms with Gasteiger partial charge >= 0.3 is 0 Å². The fraction of sp³-hybridized carbons (Fsp3) is 0.464. The fourth-order valence-electron chi connectivity index (χ4n) is 6.40. The van der Waals surface area contributed by atoms with E-state index in [1.807, 2.05) is 22.5 Å². The molecule has 2 bridgehead atoms. The number of benzene rings is 1. The molecule has 0 spiro atoms. The van der Waals surface area contributed by atoms with E-state index in [4.69, 9.17) is 0 Å². The molecule has 2 fully saturated rings. The number of carbonyl (C=O) groups excluding carboxylic acids is 1. The van der Waals surface area contributed by atoms with Gasteiger partial charge < -0.3 is 36.2 Å². The third-order valence-corrected chi connectivity index (χ3v) is 8.55. The first-order valence-corrected chi connectivity index (χ1v) is 13.3. The molecule has 2 saturated heterocycles. The largest absolute Gasteiger partial charge is 1.00 e. The molecule has 1 aromatic carbocycles. The van der Waals surface area contributed by atoms with Crippen molar-refractivity contribution in [1.82, 2.24) is 14.0 Å². The van der Waals surface area contributed by atoms with Crippen molar-refractivity contribution in [2.45, 2.75) is 44.8 Å². The quantitative estimate of drug-likeness (QED) is 0.419. The maximum absolute atomic E-state index is 15.3. The molecule has 3 aromatic rings. The lowest BCUT2D eigenvalue weighted by Crippen LogP contribution is -3.12. The Morgan fingerprint density at radius 3 is 2.63 bits per heavy atom. The Bertz CT molecular complexity index is 1510.